The molecule has 0 spiro atoms. The Bertz CT molecular complexity index is 466. The minimum Gasteiger partial charge on any atom is -0.337 e. The lowest BCUT2D eigenvalue weighted by Crippen LogP contribution is -2.47. The Morgan fingerprint density at radius 3 is 2.68 bits per heavy atom. The van der Waals surface area contributed by atoms with Gasteiger partial charge in [-0.1, -0.05) is 30.4 Å². The summed E-state index contributed by atoms with van der Waals surface area (Å²) in [5.41, 5.74) is 8.02. The summed E-state index contributed by atoms with van der Waals surface area (Å²) >= 11 is 0. The third-order valence-electron chi connectivity index (χ3n) is 2.93. The van der Waals surface area contributed by atoms with Gasteiger partial charge in [0.2, 0.25) is 0 Å². The van der Waals surface area contributed by atoms with Crippen molar-refractivity contribution < 1.29 is 4.79 Å². The molecule has 0 aromatic heterocycles. The summed E-state index contributed by atoms with van der Waals surface area (Å²) in [7, 11) is 0. The third-order valence-corrected chi connectivity index (χ3v) is 2.93. The second kappa shape index (κ2) is 6.38. The third kappa shape index (κ3) is 4.41. The highest BCUT2D eigenvalue weighted by atomic mass is 16.2. The molecule has 1 aromatic rings. The van der Waals surface area contributed by atoms with Crippen molar-refractivity contribution in [2.24, 2.45) is 5.73 Å². The first-order valence-electron chi connectivity index (χ1n) is 6.39. The van der Waals surface area contributed by atoms with E-state index < -0.39 is 5.54 Å². The smallest absolute Gasteiger partial charge is 0.315 e. The fourth-order valence-electron chi connectivity index (χ4n) is 1.76. The number of carbonyl (C=O) groups excluding carboxylic acids is 1. The molecule has 19 heavy (non-hydrogen) atoms. The lowest BCUT2D eigenvalue weighted by atomic mass is 9.92. The number of hydrogen-bond donors (Lipinski definition) is 3. The van der Waals surface area contributed by atoms with Gasteiger partial charge < -0.3 is 16.4 Å². The van der Waals surface area contributed by atoms with Gasteiger partial charge in [-0.3, -0.25) is 0 Å². The maximum absolute atomic E-state index is 11.7. The van der Waals surface area contributed by atoms with Gasteiger partial charge >= 0.3 is 6.03 Å². The summed E-state index contributed by atoms with van der Waals surface area (Å²) < 4.78 is 0. The van der Waals surface area contributed by atoms with Crippen molar-refractivity contribution in [3.8, 4) is 0 Å². The summed E-state index contributed by atoms with van der Waals surface area (Å²) in [6, 6.07) is 7.81. The number of urea groups is 1. The standard InChI is InChI=1S/C15H23N3O/c1-11(2)12-6-5-7-13(10-12)15(3,4)18-14(19)17-9-8-16/h5-7,10H,1,8-9,16H2,2-4H3,(H2,17,18,19). The Kier molecular flexibility index (Phi) is 5.12. The van der Waals surface area contributed by atoms with Crippen LogP contribution in [0.4, 0.5) is 4.79 Å². The van der Waals surface area contributed by atoms with Gasteiger partial charge in [0.05, 0.1) is 5.54 Å². The van der Waals surface area contributed by atoms with Crippen LogP contribution >= 0.6 is 0 Å². The van der Waals surface area contributed by atoms with E-state index in [1.54, 1.807) is 0 Å². The Balaban J connectivity index is 2.84. The average molecular weight is 261 g/mol. The lowest BCUT2D eigenvalue weighted by Gasteiger charge is -2.27. The van der Waals surface area contributed by atoms with Gasteiger partial charge in [-0.05, 0) is 38.0 Å². The fourth-order valence-corrected chi connectivity index (χ4v) is 1.76. The molecular weight excluding hydrogens is 238 g/mol. The first kappa shape index (κ1) is 15.2. The summed E-state index contributed by atoms with van der Waals surface area (Å²) in [6.07, 6.45) is 0. The van der Waals surface area contributed by atoms with E-state index in [4.69, 9.17) is 5.73 Å². The van der Waals surface area contributed by atoms with Gasteiger partial charge in [0.15, 0.2) is 0 Å². The van der Waals surface area contributed by atoms with E-state index in [0.29, 0.717) is 13.1 Å². The number of rotatable bonds is 5. The number of nitrogens with two attached hydrogens (primary N) is 1. The number of allylic oxidation sites excluding steroid dienone is 1. The SMILES string of the molecule is C=C(C)c1cccc(C(C)(C)NC(=O)NCCN)c1. The molecule has 0 saturated heterocycles. The van der Waals surface area contributed by atoms with Crippen LogP contribution in [-0.4, -0.2) is 19.1 Å². The summed E-state index contributed by atoms with van der Waals surface area (Å²) in [5, 5.41) is 5.64. The number of amides is 2. The maximum Gasteiger partial charge on any atom is 0.315 e. The molecule has 0 bridgehead atoms. The zero-order chi connectivity index (χ0) is 14.5. The van der Waals surface area contributed by atoms with Crippen LogP contribution in [0, 0.1) is 0 Å². The predicted octanol–water partition coefficient (Wildman–Crippen LogP) is 2.21. The minimum atomic E-state index is -0.454. The molecule has 0 radical (unpaired) electrons. The molecule has 4 heteroatoms. The van der Waals surface area contributed by atoms with E-state index >= 15 is 0 Å². The second-order valence-electron chi connectivity index (χ2n) is 5.16. The first-order valence-corrected chi connectivity index (χ1v) is 6.39. The van der Waals surface area contributed by atoms with Crippen LogP contribution in [0.25, 0.3) is 5.57 Å². The molecule has 1 rings (SSSR count). The highest BCUT2D eigenvalue weighted by molar-refractivity contribution is 5.75. The van der Waals surface area contributed by atoms with Crippen molar-refractivity contribution in [1.82, 2.24) is 10.6 Å². The van der Waals surface area contributed by atoms with Crippen LogP contribution in [-0.2, 0) is 5.54 Å². The lowest BCUT2D eigenvalue weighted by molar-refractivity contribution is 0.230. The highest BCUT2D eigenvalue weighted by Crippen LogP contribution is 2.23. The van der Waals surface area contributed by atoms with Crippen LogP contribution in [0.15, 0.2) is 30.8 Å². The van der Waals surface area contributed by atoms with Gasteiger partial charge in [0.1, 0.15) is 0 Å². The molecule has 104 valence electrons. The van der Waals surface area contributed by atoms with Gasteiger partial charge in [-0.15, -0.1) is 0 Å². The molecule has 0 saturated carbocycles. The number of nitrogens with one attached hydrogen (secondary N) is 2. The molecule has 0 heterocycles. The molecular formula is C15H23N3O. The zero-order valence-corrected chi connectivity index (χ0v) is 11.9. The quantitative estimate of drug-likeness (QED) is 0.760. The Morgan fingerprint density at radius 2 is 2.11 bits per heavy atom. The van der Waals surface area contributed by atoms with Crippen molar-refractivity contribution in [3.05, 3.63) is 42.0 Å². The summed E-state index contributed by atoms with van der Waals surface area (Å²) in [4.78, 5) is 11.7. The van der Waals surface area contributed by atoms with E-state index in [2.05, 4.69) is 17.2 Å². The molecule has 4 N–H and O–H groups in total. The molecule has 0 fully saturated rings. The topological polar surface area (TPSA) is 67.2 Å². The van der Waals surface area contributed by atoms with Crippen molar-refractivity contribution in [2.75, 3.05) is 13.1 Å². The van der Waals surface area contributed by atoms with Crippen LogP contribution in [0.1, 0.15) is 31.9 Å². The Morgan fingerprint density at radius 1 is 1.42 bits per heavy atom. The van der Waals surface area contributed by atoms with Crippen molar-refractivity contribution in [1.29, 1.82) is 0 Å². The van der Waals surface area contributed by atoms with E-state index in [1.165, 1.54) is 0 Å². The molecule has 0 unspecified atom stereocenters. The van der Waals surface area contributed by atoms with Gasteiger partial charge in [-0.2, -0.15) is 0 Å². The average Bonchev–Trinajstić information content (AvgIpc) is 2.36. The molecule has 0 aliphatic heterocycles. The Hall–Kier alpha value is -1.81. The number of benzene rings is 1. The van der Waals surface area contributed by atoms with Crippen molar-refractivity contribution in [3.63, 3.8) is 0 Å². The number of hydrogen-bond acceptors (Lipinski definition) is 2. The minimum absolute atomic E-state index is 0.212. The largest absolute Gasteiger partial charge is 0.337 e. The van der Waals surface area contributed by atoms with E-state index in [0.717, 1.165) is 16.7 Å². The second-order valence-corrected chi connectivity index (χ2v) is 5.16. The van der Waals surface area contributed by atoms with Crippen LogP contribution in [0.3, 0.4) is 0 Å². The molecule has 0 aliphatic carbocycles. The number of carbonyl (C=O) groups is 1. The van der Waals surface area contributed by atoms with Gasteiger partial charge in [0, 0.05) is 13.1 Å². The molecule has 1 aromatic carbocycles. The first-order chi connectivity index (χ1) is 8.86. The normalized spacial score (nSPS) is 10.9. The van der Waals surface area contributed by atoms with E-state index in [1.807, 2.05) is 45.0 Å². The van der Waals surface area contributed by atoms with Gasteiger partial charge in [-0.25, -0.2) is 4.79 Å². The maximum atomic E-state index is 11.7. The van der Waals surface area contributed by atoms with Crippen molar-refractivity contribution >= 4 is 11.6 Å². The zero-order valence-electron chi connectivity index (χ0n) is 11.9. The predicted molar refractivity (Wildman–Crippen MR) is 79.8 cm³/mol. The molecule has 0 atom stereocenters. The fraction of sp³-hybridized carbons (Fsp3) is 0.400. The van der Waals surface area contributed by atoms with Gasteiger partial charge in [0.25, 0.3) is 0 Å². The van der Waals surface area contributed by atoms with Crippen LogP contribution < -0.4 is 16.4 Å². The molecule has 2 amide bonds. The van der Waals surface area contributed by atoms with Crippen LogP contribution in [0.5, 0.6) is 0 Å². The summed E-state index contributed by atoms with van der Waals surface area (Å²) in [6.45, 7) is 10.7. The van der Waals surface area contributed by atoms with E-state index in [-0.39, 0.29) is 6.03 Å². The molecule has 0 aliphatic rings. The highest BCUT2D eigenvalue weighted by Gasteiger charge is 2.22. The molecule has 4 nitrogen and oxygen atoms in total. The van der Waals surface area contributed by atoms with Crippen molar-refractivity contribution in [2.45, 2.75) is 26.3 Å². The monoisotopic (exact) mass is 261 g/mol. The van der Waals surface area contributed by atoms with Crippen LogP contribution in [0.2, 0.25) is 0 Å². The summed E-state index contributed by atoms with van der Waals surface area (Å²) in [5.74, 6) is 0. The Labute approximate surface area is 115 Å². The van der Waals surface area contributed by atoms with E-state index in [9.17, 15) is 4.79 Å².